The van der Waals surface area contributed by atoms with Gasteiger partial charge in [0.25, 0.3) is 0 Å². The highest BCUT2D eigenvalue weighted by atomic mass is 16.5. The summed E-state index contributed by atoms with van der Waals surface area (Å²) in [6.07, 6.45) is 24.4. The second-order valence-corrected chi connectivity index (χ2v) is 7.25. The maximum atomic E-state index is 10.3. The molecule has 0 unspecified atom stereocenters. The lowest BCUT2D eigenvalue weighted by Gasteiger charge is -2.03. The molecule has 0 aliphatic carbocycles. The standard InChI is InChI=1S/C18H37.C6H10O3/c1-3-5-7-9-11-13-15-17-18-16-14-12-10-8-6-4-2;1-2-6(8)9-5-3-4-7/h1,3-18H2,2H3;2,7H,1,3-5H2. The molecule has 0 bridgehead atoms. The molecular weight excluding hydrogens is 336 g/mol. The first kappa shape index (κ1) is 28.4. The van der Waals surface area contributed by atoms with Crippen LogP contribution in [0.3, 0.4) is 0 Å². The maximum absolute atomic E-state index is 10.3. The van der Waals surface area contributed by atoms with Crippen LogP contribution < -0.4 is 0 Å². The summed E-state index contributed by atoms with van der Waals surface area (Å²) in [7, 11) is 0. The number of esters is 1. The van der Waals surface area contributed by atoms with Crippen LogP contribution in [-0.4, -0.2) is 24.3 Å². The number of aliphatic hydroxyl groups is 1. The number of hydrogen-bond donors (Lipinski definition) is 1. The third kappa shape index (κ3) is 30.2. The highest BCUT2D eigenvalue weighted by Gasteiger charge is 1.94. The molecular formula is C24H47O3. The van der Waals surface area contributed by atoms with Crippen molar-refractivity contribution in [2.75, 3.05) is 13.2 Å². The lowest BCUT2D eigenvalue weighted by molar-refractivity contribution is -0.137. The fourth-order valence-electron chi connectivity index (χ4n) is 2.84. The molecule has 1 radical (unpaired) electrons. The molecule has 1 N–H and O–H groups in total. The van der Waals surface area contributed by atoms with Gasteiger partial charge in [0.05, 0.1) is 6.61 Å². The summed E-state index contributed by atoms with van der Waals surface area (Å²) in [5.74, 6) is -0.441. The molecule has 0 spiro atoms. The fraction of sp³-hybridized carbons (Fsp3) is 0.833. The Bertz CT molecular complexity index is 273. The van der Waals surface area contributed by atoms with Gasteiger partial charge >= 0.3 is 5.97 Å². The van der Waals surface area contributed by atoms with E-state index in [1.807, 2.05) is 0 Å². The van der Waals surface area contributed by atoms with Crippen molar-refractivity contribution >= 4 is 5.97 Å². The van der Waals surface area contributed by atoms with Crippen molar-refractivity contribution in [2.24, 2.45) is 0 Å². The van der Waals surface area contributed by atoms with Gasteiger partial charge in [-0.1, -0.05) is 123 Å². The lowest BCUT2D eigenvalue weighted by atomic mass is 10.0. The molecule has 0 saturated carbocycles. The second kappa shape index (κ2) is 27.4. The summed E-state index contributed by atoms with van der Waals surface area (Å²) in [5, 5.41) is 8.23. The van der Waals surface area contributed by atoms with Gasteiger partial charge in [-0.2, -0.15) is 0 Å². The van der Waals surface area contributed by atoms with E-state index in [0.29, 0.717) is 6.42 Å². The largest absolute Gasteiger partial charge is 0.462 e. The molecule has 0 aromatic carbocycles. The molecule has 0 atom stereocenters. The maximum Gasteiger partial charge on any atom is 0.330 e. The van der Waals surface area contributed by atoms with E-state index in [4.69, 9.17) is 5.11 Å². The van der Waals surface area contributed by atoms with E-state index in [-0.39, 0.29) is 13.2 Å². The summed E-state index contributed by atoms with van der Waals surface area (Å²) < 4.78 is 4.51. The Kier molecular flexibility index (Phi) is 28.8. The zero-order valence-electron chi connectivity index (χ0n) is 18.2. The van der Waals surface area contributed by atoms with Crippen molar-refractivity contribution in [3.05, 3.63) is 19.6 Å². The van der Waals surface area contributed by atoms with E-state index in [1.165, 1.54) is 96.3 Å². The van der Waals surface area contributed by atoms with Crippen LogP contribution in [0.1, 0.15) is 116 Å². The van der Waals surface area contributed by atoms with Gasteiger partial charge in [-0.25, -0.2) is 4.79 Å². The van der Waals surface area contributed by atoms with Crippen molar-refractivity contribution in [3.63, 3.8) is 0 Å². The minimum absolute atomic E-state index is 0.0461. The van der Waals surface area contributed by atoms with Crippen LogP contribution in [0.5, 0.6) is 0 Å². The van der Waals surface area contributed by atoms with Gasteiger partial charge in [-0.15, -0.1) is 0 Å². The number of carbonyl (C=O) groups is 1. The van der Waals surface area contributed by atoms with E-state index >= 15 is 0 Å². The minimum atomic E-state index is -0.441. The molecule has 0 aliphatic heterocycles. The van der Waals surface area contributed by atoms with Gasteiger partial charge < -0.3 is 9.84 Å². The van der Waals surface area contributed by atoms with Crippen LogP contribution in [0.25, 0.3) is 0 Å². The molecule has 27 heavy (non-hydrogen) atoms. The van der Waals surface area contributed by atoms with Crippen LogP contribution in [-0.2, 0) is 9.53 Å². The zero-order chi connectivity index (χ0) is 20.4. The van der Waals surface area contributed by atoms with E-state index in [1.54, 1.807) is 0 Å². The van der Waals surface area contributed by atoms with Crippen molar-refractivity contribution in [1.82, 2.24) is 0 Å². The smallest absolute Gasteiger partial charge is 0.330 e. The first-order valence-corrected chi connectivity index (χ1v) is 11.4. The number of ether oxygens (including phenoxy) is 1. The normalized spacial score (nSPS) is 10.2. The van der Waals surface area contributed by atoms with E-state index in [9.17, 15) is 4.79 Å². The van der Waals surface area contributed by atoms with Crippen LogP contribution in [0.15, 0.2) is 12.7 Å². The average molecular weight is 384 g/mol. The molecule has 0 fully saturated rings. The Morgan fingerprint density at radius 1 is 0.778 bits per heavy atom. The van der Waals surface area contributed by atoms with Gasteiger partial charge in [-0.05, 0) is 0 Å². The van der Waals surface area contributed by atoms with Gasteiger partial charge in [0.15, 0.2) is 0 Å². The van der Waals surface area contributed by atoms with Gasteiger partial charge in [0.1, 0.15) is 0 Å². The van der Waals surface area contributed by atoms with Crippen molar-refractivity contribution < 1.29 is 14.6 Å². The van der Waals surface area contributed by atoms with Gasteiger partial charge in [-0.3, -0.25) is 0 Å². The summed E-state index contributed by atoms with van der Waals surface area (Å²) in [4.78, 5) is 10.3. The zero-order valence-corrected chi connectivity index (χ0v) is 18.2. The number of unbranched alkanes of at least 4 members (excludes halogenated alkanes) is 15. The molecule has 0 aromatic rings. The quantitative estimate of drug-likeness (QED) is 0.146. The van der Waals surface area contributed by atoms with E-state index in [0.717, 1.165) is 12.5 Å². The third-order valence-electron chi connectivity index (χ3n) is 4.57. The SMILES string of the molecule is C=CC(=O)OCCCO.[CH2]CCCCCCCCCCCCCCCCC. The highest BCUT2D eigenvalue weighted by Crippen LogP contribution is 2.13. The monoisotopic (exact) mass is 383 g/mol. The topological polar surface area (TPSA) is 46.5 Å². The molecule has 0 heterocycles. The summed E-state index contributed by atoms with van der Waals surface area (Å²) in [5.41, 5.74) is 0. The van der Waals surface area contributed by atoms with Crippen LogP contribution in [0.4, 0.5) is 0 Å². The Labute approximate surface area is 170 Å². The molecule has 3 nitrogen and oxygen atoms in total. The fourth-order valence-corrected chi connectivity index (χ4v) is 2.84. The average Bonchev–Trinajstić information content (AvgIpc) is 2.69. The van der Waals surface area contributed by atoms with Crippen molar-refractivity contribution in [3.8, 4) is 0 Å². The molecule has 0 aliphatic rings. The number of aliphatic hydroxyl groups excluding tert-OH is 1. The molecule has 0 amide bonds. The Morgan fingerprint density at radius 3 is 1.52 bits per heavy atom. The van der Waals surface area contributed by atoms with E-state index < -0.39 is 5.97 Å². The van der Waals surface area contributed by atoms with Crippen LogP contribution in [0, 0.1) is 6.92 Å². The number of carbonyl (C=O) groups excluding carboxylic acids is 1. The second-order valence-electron chi connectivity index (χ2n) is 7.25. The summed E-state index contributed by atoms with van der Waals surface area (Å²) in [6.45, 7) is 9.69. The van der Waals surface area contributed by atoms with Crippen LogP contribution >= 0.6 is 0 Å². The first-order valence-electron chi connectivity index (χ1n) is 11.4. The molecule has 0 aromatic heterocycles. The number of hydrogen-bond acceptors (Lipinski definition) is 3. The lowest BCUT2D eigenvalue weighted by Crippen LogP contribution is -2.02. The summed E-state index contributed by atoms with van der Waals surface area (Å²) in [6, 6.07) is 0. The predicted molar refractivity (Wildman–Crippen MR) is 118 cm³/mol. The summed E-state index contributed by atoms with van der Waals surface area (Å²) >= 11 is 0. The highest BCUT2D eigenvalue weighted by molar-refractivity contribution is 5.81. The van der Waals surface area contributed by atoms with Crippen molar-refractivity contribution in [1.29, 1.82) is 0 Å². The third-order valence-corrected chi connectivity index (χ3v) is 4.57. The molecule has 0 saturated heterocycles. The van der Waals surface area contributed by atoms with Gasteiger partial charge in [0, 0.05) is 19.1 Å². The van der Waals surface area contributed by atoms with E-state index in [2.05, 4.69) is 25.2 Å². The van der Waals surface area contributed by atoms with Gasteiger partial charge in [0.2, 0.25) is 0 Å². The predicted octanol–water partition coefficient (Wildman–Crippen LogP) is 7.18. The molecule has 3 heteroatoms. The molecule has 161 valence electrons. The minimum Gasteiger partial charge on any atom is -0.462 e. The first-order chi connectivity index (χ1) is 13.2. The Balaban J connectivity index is 0. The van der Waals surface area contributed by atoms with Crippen molar-refractivity contribution in [2.45, 2.75) is 116 Å². The molecule has 0 rings (SSSR count). The Morgan fingerprint density at radius 2 is 1.19 bits per heavy atom. The van der Waals surface area contributed by atoms with Crippen LogP contribution in [0.2, 0.25) is 0 Å². The Hall–Kier alpha value is -0.830. The number of rotatable bonds is 19.